The van der Waals surface area contributed by atoms with Gasteiger partial charge in [0.15, 0.2) is 0 Å². The summed E-state index contributed by atoms with van der Waals surface area (Å²) in [7, 11) is 0. The molecule has 0 aromatic carbocycles. The maximum Gasteiger partial charge on any atom is 0.227 e. The van der Waals surface area contributed by atoms with E-state index in [9.17, 15) is 0 Å². The van der Waals surface area contributed by atoms with E-state index in [0.717, 1.165) is 24.9 Å². The average Bonchev–Trinajstić information content (AvgIpc) is 2.99. The van der Waals surface area contributed by atoms with Crippen molar-refractivity contribution >= 4 is 5.88 Å². The van der Waals surface area contributed by atoms with Crippen LogP contribution in [0.5, 0.6) is 0 Å². The predicted molar refractivity (Wildman–Crippen MR) is 60.4 cm³/mol. The normalized spacial score (nSPS) is 41.4. The minimum atomic E-state index is 0.468. The number of aromatic nitrogens is 1. The van der Waals surface area contributed by atoms with E-state index in [0.29, 0.717) is 5.54 Å². The average molecular weight is 219 g/mol. The molecule has 0 radical (unpaired) electrons. The second-order valence-electron chi connectivity index (χ2n) is 5.55. The van der Waals surface area contributed by atoms with Crippen LogP contribution in [0.2, 0.25) is 0 Å². The Bertz CT molecular complexity index is 391. The third-order valence-corrected chi connectivity index (χ3v) is 4.69. The Morgan fingerprint density at radius 1 is 1.44 bits per heavy atom. The number of piperidine rings is 1. The highest BCUT2D eigenvalue weighted by Crippen LogP contribution is 2.46. The van der Waals surface area contributed by atoms with Crippen LogP contribution in [0.3, 0.4) is 0 Å². The molecule has 16 heavy (non-hydrogen) atoms. The van der Waals surface area contributed by atoms with Gasteiger partial charge in [-0.3, -0.25) is 4.90 Å². The van der Waals surface area contributed by atoms with Gasteiger partial charge in [-0.25, -0.2) is 0 Å². The number of fused-ring (bicyclic) bond motifs is 3. The Morgan fingerprint density at radius 3 is 3.12 bits per heavy atom. The fourth-order valence-electron chi connectivity index (χ4n) is 3.94. The number of rotatable bonds is 1. The summed E-state index contributed by atoms with van der Waals surface area (Å²) in [5.74, 6) is 1.91. The first-order valence-electron chi connectivity index (χ1n) is 6.26. The molecular formula is C12H17N3O. The lowest BCUT2D eigenvalue weighted by Crippen LogP contribution is -2.46. The lowest BCUT2D eigenvalue weighted by molar-refractivity contribution is 0.155. The summed E-state index contributed by atoms with van der Waals surface area (Å²) in [6.07, 6.45) is 5.85. The molecule has 2 bridgehead atoms. The molecule has 86 valence electrons. The van der Waals surface area contributed by atoms with Crippen LogP contribution in [0.4, 0.5) is 5.88 Å². The predicted octanol–water partition coefficient (Wildman–Crippen LogP) is 1.35. The van der Waals surface area contributed by atoms with Gasteiger partial charge in [-0.1, -0.05) is 5.16 Å². The van der Waals surface area contributed by atoms with Crippen LogP contribution >= 0.6 is 0 Å². The molecule has 3 fully saturated rings. The minimum absolute atomic E-state index is 0.468. The minimum Gasteiger partial charge on any atom is -0.339 e. The van der Waals surface area contributed by atoms with Gasteiger partial charge in [0, 0.05) is 31.2 Å². The fourth-order valence-corrected chi connectivity index (χ4v) is 3.94. The molecule has 0 aliphatic carbocycles. The van der Waals surface area contributed by atoms with Crippen molar-refractivity contribution in [1.82, 2.24) is 10.1 Å². The highest BCUT2D eigenvalue weighted by molar-refractivity contribution is 5.37. The molecule has 4 heterocycles. The van der Waals surface area contributed by atoms with Crippen molar-refractivity contribution < 1.29 is 4.52 Å². The topological polar surface area (TPSA) is 32.5 Å². The molecule has 3 saturated heterocycles. The molecule has 0 saturated carbocycles. The molecule has 3 unspecified atom stereocenters. The summed E-state index contributed by atoms with van der Waals surface area (Å²) >= 11 is 0. The fraction of sp³-hybridized carbons (Fsp3) is 0.750. The Hall–Kier alpha value is -1.03. The Morgan fingerprint density at radius 2 is 2.44 bits per heavy atom. The van der Waals surface area contributed by atoms with Crippen molar-refractivity contribution in [2.75, 3.05) is 31.1 Å². The van der Waals surface area contributed by atoms with Crippen molar-refractivity contribution in [2.45, 2.75) is 24.8 Å². The van der Waals surface area contributed by atoms with E-state index < -0.39 is 0 Å². The first-order chi connectivity index (χ1) is 7.86. The van der Waals surface area contributed by atoms with Crippen LogP contribution < -0.4 is 4.90 Å². The summed E-state index contributed by atoms with van der Waals surface area (Å²) in [6, 6.07) is 1.97. The van der Waals surface area contributed by atoms with Crippen LogP contribution in [0.15, 0.2) is 16.8 Å². The van der Waals surface area contributed by atoms with Crippen LogP contribution in [0, 0.1) is 5.92 Å². The zero-order valence-electron chi connectivity index (χ0n) is 9.43. The second kappa shape index (κ2) is 3.00. The number of anilines is 1. The van der Waals surface area contributed by atoms with Crippen molar-refractivity contribution in [3.05, 3.63) is 12.3 Å². The van der Waals surface area contributed by atoms with E-state index in [2.05, 4.69) is 15.0 Å². The molecule has 0 amide bonds. The first-order valence-corrected chi connectivity index (χ1v) is 6.26. The highest BCUT2D eigenvalue weighted by Gasteiger charge is 2.52. The van der Waals surface area contributed by atoms with Gasteiger partial charge in [0.1, 0.15) is 0 Å². The monoisotopic (exact) mass is 219 g/mol. The Kier molecular flexibility index (Phi) is 1.70. The molecule has 1 aromatic heterocycles. The third-order valence-electron chi connectivity index (χ3n) is 4.69. The van der Waals surface area contributed by atoms with Crippen molar-refractivity contribution in [1.29, 1.82) is 0 Å². The first kappa shape index (κ1) is 9.05. The third kappa shape index (κ3) is 1.11. The Balaban J connectivity index is 1.57. The molecule has 4 rings (SSSR count). The van der Waals surface area contributed by atoms with Crippen LogP contribution in [0.25, 0.3) is 0 Å². The van der Waals surface area contributed by atoms with Gasteiger partial charge in [0.2, 0.25) is 5.88 Å². The molecule has 3 atom stereocenters. The van der Waals surface area contributed by atoms with E-state index >= 15 is 0 Å². The molecule has 0 N–H and O–H groups in total. The zero-order valence-corrected chi connectivity index (χ0v) is 9.43. The van der Waals surface area contributed by atoms with E-state index in [1.165, 1.54) is 32.4 Å². The summed E-state index contributed by atoms with van der Waals surface area (Å²) in [6.45, 7) is 4.91. The lowest BCUT2D eigenvalue weighted by Gasteiger charge is -2.36. The van der Waals surface area contributed by atoms with Gasteiger partial charge in [-0.15, -0.1) is 0 Å². The van der Waals surface area contributed by atoms with Gasteiger partial charge >= 0.3 is 0 Å². The molecule has 3 aliphatic heterocycles. The Labute approximate surface area is 95.2 Å². The van der Waals surface area contributed by atoms with Crippen LogP contribution in [-0.4, -0.2) is 41.8 Å². The van der Waals surface area contributed by atoms with E-state index in [-0.39, 0.29) is 0 Å². The quantitative estimate of drug-likeness (QED) is 0.713. The van der Waals surface area contributed by atoms with Gasteiger partial charge in [0.05, 0.1) is 6.20 Å². The van der Waals surface area contributed by atoms with E-state index in [1.54, 1.807) is 6.20 Å². The van der Waals surface area contributed by atoms with Gasteiger partial charge in [-0.2, -0.15) is 0 Å². The molecule has 4 nitrogen and oxygen atoms in total. The summed E-state index contributed by atoms with van der Waals surface area (Å²) in [5.41, 5.74) is 0.468. The maximum absolute atomic E-state index is 5.26. The van der Waals surface area contributed by atoms with Crippen molar-refractivity contribution in [2.24, 2.45) is 5.92 Å². The smallest absolute Gasteiger partial charge is 0.227 e. The number of nitrogens with zero attached hydrogens (tertiary/aromatic N) is 3. The number of hydrogen-bond donors (Lipinski definition) is 0. The molecule has 4 heteroatoms. The van der Waals surface area contributed by atoms with E-state index in [1.807, 2.05) is 6.07 Å². The van der Waals surface area contributed by atoms with Crippen LogP contribution in [0.1, 0.15) is 19.3 Å². The molecular weight excluding hydrogens is 202 g/mol. The van der Waals surface area contributed by atoms with Crippen molar-refractivity contribution in [3.63, 3.8) is 0 Å². The van der Waals surface area contributed by atoms with Gasteiger partial charge in [0.25, 0.3) is 0 Å². The number of hydrogen-bond acceptors (Lipinski definition) is 4. The SMILES string of the molecule is c1cc(N2CCC3(CC4CCN3C4)C2)on1. The standard InChI is InChI=1S/C12H17N3O/c1-4-13-16-11(1)14-6-3-12(9-14)7-10-2-5-15(12)8-10/h1,4,10H,2-3,5-9H2. The van der Waals surface area contributed by atoms with Gasteiger partial charge in [-0.05, 0) is 31.7 Å². The van der Waals surface area contributed by atoms with E-state index in [4.69, 9.17) is 4.52 Å². The maximum atomic E-state index is 5.26. The lowest BCUT2D eigenvalue weighted by atomic mass is 9.87. The summed E-state index contributed by atoms with van der Waals surface area (Å²) in [5, 5.41) is 3.80. The van der Waals surface area contributed by atoms with Crippen LogP contribution in [-0.2, 0) is 0 Å². The second-order valence-corrected chi connectivity index (χ2v) is 5.55. The largest absolute Gasteiger partial charge is 0.339 e. The van der Waals surface area contributed by atoms with Gasteiger partial charge < -0.3 is 9.42 Å². The molecule has 1 aromatic rings. The summed E-state index contributed by atoms with van der Waals surface area (Å²) in [4.78, 5) is 5.07. The van der Waals surface area contributed by atoms with Crippen molar-refractivity contribution in [3.8, 4) is 0 Å². The molecule has 3 aliphatic rings. The zero-order chi connectivity index (χ0) is 10.6. The molecule has 1 spiro atoms. The summed E-state index contributed by atoms with van der Waals surface area (Å²) < 4.78 is 5.26. The highest BCUT2D eigenvalue weighted by atomic mass is 16.5.